The van der Waals surface area contributed by atoms with Crippen molar-refractivity contribution in [1.82, 2.24) is 0 Å². The largest absolute Gasteiger partial charge is 1.00 e. The minimum absolute atomic E-state index is 0. The van der Waals surface area contributed by atoms with E-state index >= 15 is 0 Å². The summed E-state index contributed by atoms with van der Waals surface area (Å²) >= 11 is 0. The molecule has 0 unspecified atom stereocenters. The van der Waals surface area contributed by atoms with Gasteiger partial charge in [0.25, 0.3) is 0 Å². The molecule has 0 spiro atoms. The highest BCUT2D eigenvalue weighted by Crippen LogP contribution is 1.94. The lowest BCUT2D eigenvalue weighted by molar-refractivity contribution is -0.908. The van der Waals surface area contributed by atoms with Crippen molar-refractivity contribution < 1.29 is 22.0 Å². The van der Waals surface area contributed by atoms with Crippen molar-refractivity contribution >= 4 is 0 Å². The van der Waals surface area contributed by atoms with E-state index in [1.165, 1.54) is 0 Å². The summed E-state index contributed by atoms with van der Waals surface area (Å²) in [7, 11) is 4.03. The molecule has 0 saturated carbocycles. The molecule has 9 heavy (non-hydrogen) atoms. The molecule has 0 radical (unpaired) electrons. The van der Waals surface area contributed by atoms with Crippen LogP contribution in [0.5, 0.6) is 0 Å². The molecule has 0 aromatic heterocycles. The first-order chi connectivity index (χ1) is 3.62. The fourth-order valence-corrected chi connectivity index (χ4v) is 0.676. The van der Waals surface area contributed by atoms with Gasteiger partial charge in [0.2, 0.25) is 0 Å². The highest BCUT2D eigenvalue weighted by molar-refractivity contribution is 4.22. The van der Waals surface area contributed by atoms with Crippen molar-refractivity contribution in [3.8, 4) is 0 Å². The lowest BCUT2D eigenvalue weighted by Crippen LogP contribution is -3.00. The van der Waals surface area contributed by atoms with Crippen LogP contribution in [-0.2, 0) is 0 Å². The first-order valence-electron chi connectivity index (χ1n) is 3.05. The Kier molecular flexibility index (Phi) is 6.68. The van der Waals surface area contributed by atoms with Gasteiger partial charge < -0.3 is 22.0 Å². The molecule has 0 saturated heterocycles. The number of quaternary nitrogens is 1. The summed E-state index contributed by atoms with van der Waals surface area (Å²) < 4.78 is 0.719. The quantitative estimate of drug-likeness (QED) is 0.349. The standard InChI is InChI=1S/C6H16NO.ClH/c1-4-5-7(2,3)6-8;/h8H,4-6H2,1-3H3;1H/q+1;/p-1. The molecule has 3 heteroatoms. The van der Waals surface area contributed by atoms with E-state index in [1.807, 2.05) is 14.1 Å². The second-order valence-corrected chi connectivity index (χ2v) is 2.80. The van der Waals surface area contributed by atoms with Crippen LogP contribution in [0.2, 0.25) is 0 Å². The molecule has 0 aromatic carbocycles. The van der Waals surface area contributed by atoms with E-state index in [2.05, 4.69) is 6.92 Å². The summed E-state index contributed by atoms with van der Waals surface area (Å²) in [6.45, 7) is 3.42. The fraction of sp³-hybridized carbons (Fsp3) is 1.00. The second kappa shape index (κ2) is 5.03. The Balaban J connectivity index is 0. The van der Waals surface area contributed by atoms with Crippen molar-refractivity contribution in [3.63, 3.8) is 0 Å². The number of rotatable bonds is 3. The van der Waals surface area contributed by atoms with E-state index in [4.69, 9.17) is 5.11 Å². The third-order valence-corrected chi connectivity index (χ3v) is 1.21. The van der Waals surface area contributed by atoms with E-state index < -0.39 is 0 Å². The number of aliphatic hydroxyl groups excluding tert-OH is 1. The van der Waals surface area contributed by atoms with Crippen LogP contribution in [0.15, 0.2) is 0 Å². The van der Waals surface area contributed by atoms with Gasteiger partial charge in [-0.1, -0.05) is 6.92 Å². The molecule has 0 aromatic rings. The minimum Gasteiger partial charge on any atom is -1.00 e. The molecule has 0 aliphatic rings. The average Bonchev–Trinajstić information content (AvgIpc) is 1.67. The normalized spacial score (nSPS) is 10.7. The zero-order valence-corrected chi connectivity index (χ0v) is 7.15. The molecule has 0 bridgehead atoms. The fourth-order valence-electron chi connectivity index (χ4n) is 0.676. The first-order valence-corrected chi connectivity index (χ1v) is 3.05. The zero-order valence-electron chi connectivity index (χ0n) is 6.39. The molecule has 0 heterocycles. The zero-order chi connectivity index (χ0) is 6.62. The highest BCUT2D eigenvalue weighted by Gasteiger charge is 2.08. The molecule has 2 nitrogen and oxygen atoms in total. The number of aliphatic hydroxyl groups is 1. The molecule has 0 rings (SSSR count). The third-order valence-electron chi connectivity index (χ3n) is 1.21. The van der Waals surface area contributed by atoms with Crippen LogP contribution in [0, 0.1) is 0 Å². The van der Waals surface area contributed by atoms with Gasteiger partial charge in [0, 0.05) is 0 Å². The van der Waals surface area contributed by atoms with Crippen LogP contribution >= 0.6 is 0 Å². The molecular formula is C6H16ClNO. The Morgan fingerprint density at radius 3 is 1.89 bits per heavy atom. The van der Waals surface area contributed by atoms with Gasteiger partial charge >= 0.3 is 0 Å². The molecule has 0 aliphatic carbocycles. The van der Waals surface area contributed by atoms with E-state index in [0.29, 0.717) is 0 Å². The summed E-state index contributed by atoms with van der Waals surface area (Å²) in [4.78, 5) is 0. The Labute approximate surface area is 63.5 Å². The molecule has 1 N–H and O–H groups in total. The summed E-state index contributed by atoms with van der Waals surface area (Å²) in [5, 5.41) is 8.70. The van der Waals surface area contributed by atoms with Crippen LogP contribution in [0.3, 0.4) is 0 Å². The predicted molar refractivity (Wildman–Crippen MR) is 34.4 cm³/mol. The molecule has 0 aliphatic heterocycles. The van der Waals surface area contributed by atoms with Gasteiger partial charge in [-0.3, -0.25) is 0 Å². The first kappa shape index (κ1) is 11.9. The van der Waals surface area contributed by atoms with Gasteiger partial charge in [-0.15, -0.1) is 0 Å². The van der Waals surface area contributed by atoms with Crippen LogP contribution < -0.4 is 12.4 Å². The molecular weight excluding hydrogens is 138 g/mol. The van der Waals surface area contributed by atoms with Crippen LogP contribution in [-0.4, -0.2) is 37.0 Å². The lowest BCUT2D eigenvalue weighted by Gasteiger charge is -2.25. The lowest BCUT2D eigenvalue weighted by atomic mass is 10.4. The number of hydrogen-bond donors (Lipinski definition) is 1. The van der Waals surface area contributed by atoms with Crippen molar-refractivity contribution in [3.05, 3.63) is 0 Å². The van der Waals surface area contributed by atoms with Crippen molar-refractivity contribution in [2.45, 2.75) is 13.3 Å². The Morgan fingerprint density at radius 2 is 1.78 bits per heavy atom. The highest BCUT2D eigenvalue weighted by atomic mass is 35.5. The number of nitrogens with zero attached hydrogens (tertiary/aromatic N) is 1. The van der Waals surface area contributed by atoms with Crippen molar-refractivity contribution in [2.24, 2.45) is 0 Å². The van der Waals surface area contributed by atoms with Crippen LogP contribution in [0.1, 0.15) is 13.3 Å². The van der Waals surface area contributed by atoms with Gasteiger partial charge in [-0.05, 0) is 6.42 Å². The molecule has 0 fully saturated rings. The maximum absolute atomic E-state index is 8.70. The minimum atomic E-state index is 0. The Morgan fingerprint density at radius 1 is 1.33 bits per heavy atom. The smallest absolute Gasteiger partial charge is 0.179 e. The van der Waals surface area contributed by atoms with E-state index in [-0.39, 0.29) is 19.1 Å². The van der Waals surface area contributed by atoms with Gasteiger partial charge in [-0.2, -0.15) is 0 Å². The summed E-state index contributed by atoms with van der Waals surface area (Å²) in [6, 6.07) is 0. The van der Waals surface area contributed by atoms with Gasteiger partial charge in [0.15, 0.2) is 6.73 Å². The maximum atomic E-state index is 8.70. The topological polar surface area (TPSA) is 20.2 Å². The monoisotopic (exact) mass is 153 g/mol. The number of halogens is 1. The predicted octanol–water partition coefficient (Wildman–Crippen LogP) is -2.57. The summed E-state index contributed by atoms with van der Waals surface area (Å²) in [5.41, 5.74) is 0. The van der Waals surface area contributed by atoms with Gasteiger partial charge in [-0.25, -0.2) is 0 Å². The Hall–Kier alpha value is 0.210. The van der Waals surface area contributed by atoms with E-state index in [0.717, 1.165) is 17.4 Å². The number of hydrogen-bond acceptors (Lipinski definition) is 1. The SMILES string of the molecule is CCC[N+](C)(C)CO.[Cl-]. The van der Waals surface area contributed by atoms with Crippen molar-refractivity contribution in [1.29, 1.82) is 0 Å². The van der Waals surface area contributed by atoms with Gasteiger partial charge in [0.05, 0.1) is 20.6 Å². The van der Waals surface area contributed by atoms with Crippen LogP contribution in [0.4, 0.5) is 0 Å². The van der Waals surface area contributed by atoms with Gasteiger partial charge in [0.1, 0.15) is 0 Å². The molecule has 0 amide bonds. The summed E-state index contributed by atoms with van der Waals surface area (Å²) in [6.07, 6.45) is 1.13. The van der Waals surface area contributed by atoms with E-state index in [1.54, 1.807) is 0 Å². The summed E-state index contributed by atoms with van der Waals surface area (Å²) in [5.74, 6) is 0. The molecule has 0 atom stereocenters. The average molecular weight is 154 g/mol. The molecule has 58 valence electrons. The Bertz CT molecular complexity index is 66.1. The van der Waals surface area contributed by atoms with E-state index in [9.17, 15) is 0 Å². The van der Waals surface area contributed by atoms with Crippen molar-refractivity contribution in [2.75, 3.05) is 27.4 Å². The third kappa shape index (κ3) is 6.09. The maximum Gasteiger partial charge on any atom is 0.179 e. The second-order valence-electron chi connectivity index (χ2n) is 2.80. The van der Waals surface area contributed by atoms with Crippen LogP contribution in [0.25, 0.3) is 0 Å².